The standard InChI is InChI=1S/C26H28N2O7/c29-24(27-12-16-11-15(13-34-16)25(30)31)23-22(9-10-33-23)28-26(32)35-14-21-19-7-3-1-5-17(19)18-6-2-4-8-20(18)21/h1-8,15-16,21-23H,9-14H2,(H,27,29)(H,28,32)(H,30,31)/t15?,16?,22-,23+/m0/s1. The second-order valence-corrected chi connectivity index (χ2v) is 9.13. The van der Waals surface area contributed by atoms with E-state index in [-0.39, 0.29) is 37.7 Å². The lowest BCUT2D eigenvalue weighted by Crippen LogP contribution is -2.49. The van der Waals surface area contributed by atoms with Crippen molar-refractivity contribution >= 4 is 18.0 Å². The van der Waals surface area contributed by atoms with Gasteiger partial charge in [0.2, 0.25) is 0 Å². The van der Waals surface area contributed by atoms with Gasteiger partial charge in [-0.1, -0.05) is 48.5 Å². The Hall–Kier alpha value is -3.43. The predicted octanol–water partition coefficient (Wildman–Crippen LogP) is 2.29. The van der Waals surface area contributed by atoms with E-state index >= 15 is 0 Å². The maximum atomic E-state index is 12.7. The SMILES string of the molecule is O=C(N[C@H]1CCO[C@H]1C(=O)NCC1CC(C(=O)O)CO1)OCC1c2ccccc2-c2ccccc21. The molecule has 2 amide bonds. The van der Waals surface area contributed by atoms with Crippen molar-refractivity contribution in [2.75, 3.05) is 26.4 Å². The van der Waals surface area contributed by atoms with Crippen LogP contribution in [0.15, 0.2) is 48.5 Å². The molecule has 2 aromatic carbocycles. The quantitative estimate of drug-likeness (QED) is 0.556. The fourth-order valence-electron chi connectivity index (χ4n) is 5.12. The Morgan fingerprint density at radius 3 is 2.34 bits per heavy atom. The lowest BCUT2D eigenvalue weighted by molar-refractivity contribution is -0.141. The average molecular weight is 481 g/mol. The third-order valence-corrected chi connectivity index (χ3v) is 6.93. The molecular formula is C26H28N2O7. The first-order chi connectivity index (χ1) is 17.0. The molecule has 0 radical (unpaired) electrons. The summed E-state index contributed by atoms with van der Waals surface area (Å²) in [5, 5.41) is 14.6. The van der Waals surface area contributed by atoms with E-state index in [0.717, 1.165) is 22.3 Å². The number of carboxylic acid groups (broad SMARTS) is 1. The fraction of sp³-hybridized carbons (Fsp3) is 0.423. The van der Waals surface area contributed by atoms with Crippen molar-refractivity contribution in [1.29, 1.82) is 0 Å². The molecule has 3 aliphatic rings. The molecule has 9 nitrogen and oxygen atoms in total. The number of hydrogen-bond acceptors (Lipinski definition) is 6. The highest BCUT2D eigenvalue weighted by molar-refractivity contribution is 5.83. The minimum atomic E-state index is -0.898. The van der Waals surface area contributed by atoms with Gasteiger partial charge in [-0.05, 0) is 35.1 Å². The van der Waals surface area contributed by atoms with Crippen LogP contribution in [-0.2, 0) is 23.8 Å². The van der Waals surface area contributed by atoms with Gasteiger partial charge in [-0.15, -0.1) is 0 Å². The minimum absolute atomic E-state index is 0.0480. The molecule has 9 heteroatoms. The number of alkyl carbamates (subject to hydrolysis) is 1. The highest BCUT2D eigenvalue weighted by Gasteiger charge is 2.37. The zero-order valence-corrected chi connectivity index (χ0v) is 19.1. The lowest BCUT2D eigenvalue weighted by Gasteiger charge is -2.21. The van der Waals surface area contributed by atoms with Gasteiger partial charge >= 0.3 is 12.1 Å². The first-order valence-electron chi connectivity index (χ1n) is 11.9. The normalized spacial score (nSPS) is 25.0. The molecule has 35 heavy (non-hydrogen) atoms. The number of nitrogens with one attached hydrogen (secondary N) is 2. The molecule has 5 rings (SSSR count). The van der Waals surface area contributed by atoms with E-state index in [9.17, 15) is 14.4 Å². The van der Waals surface area contributed by atoms with Crippen molar-refractivity contribution in [3.8, 4) is 11.1 Å². The van der Waals surface area contributed by atoms with Crippen LogP contribution in [0.5, 0.6) is 0 Å². The van der Waals surface area contributed by atoms with Crippen LogP contribution in [0.4, 0.5) is 4.79 Å². The summed E-state index contributed by atoms with van der Waals surface area (Å²) in [4.78, 5) is 36.3. The smallest absolute Gasteiger partial charge is 0.407 e. The molecule has 2 saturated heterocycles. The highest BCUT2D eigenvalue weighted by Crippen LogP contribution is 2.44. The Balaban J connectivity index is 1.13. The fourth-order valence-corrected chi connectivity index (χ4v) is 5.12. The number of benzene rings is 2. The number of carbonyl (C=O) groups is 3. The molecule has 0 aromatic heterocycles. The molecule has 1 aliphatic carbocycles. The number of carboxylic acids is 1. The summed E-state index contributed by atoms with van der Waals surface area (Å²) in [6.45, 7) is 0.864. The van der Waals surface area contributed by atoms with Gasteiger partial charge in [-0.3, -0.25) is 9.59 Å². The molecule has 4 atom stereocenters. The molecule has 0 saturated carbocycles. The molecule has 2 unspecified atom stereocenters. The molecular weight excluding hydrogens is 452 g/mol. The lowest BCUT2D eigenvalue weighted by atomic mass is 9.98. The van der Waals surface area contributed by atoms with E-state index in [1.165, 1.54) is 0 Å². The van der Waals surface area contributed by atoms with Gasteiger partial charge in [0.05, 0.1) is 24.7 Å². The van der Waals surface area contributed by atoms with E-state index in [1.54, 1.807) is 0 Å². The summed E-state index contributed by atoms with van der Waals surface area (Å²) in [5.74, 6) is -1.87. The zero-order valence-electron chi connectivity index (χ0n) is 19.1. The molecule has 0 spiro atoms. The summed E-state index contributed by atoms with van der Waals surface area (Å²) >= 11 is 0. The third kappa shape index (κ3) is 4.87. The van der Waals surface area contributed by atoms with Crippen molar-refractivity contribution in [3.63, 3.8) is 0 Å². The summed E-state index contributed by atoms with van der Waals surface area (Å²) in [7, 11) is 0. The molecule has 0 bridgehead atoms. The van der Waals surface area contributed by atoms with Crippen LogP contribution >= 0.6 is 0 Å². The van der Waals surface area contributed by atoms with Crippen LogP contribution in [0.3, 0.4) is 0 Å². The van der Waals surface area contributed by atoms with Crippen molar-refractivity contribution < 1.29 is 33.7 Å². The van der Waals surface area contributed by atoms with Crippen molar-refractivity contribution in [1.82, 2.24) is 10.6 Å². The topological polar surface area (TPSA) is 123 Å². The van der Waals surface area contributed by atoms with Gasteiger partial charge in [0.25, 0.3) is 5.91 Å². The van der Waals surface area contributed by atoms with E-state index in [4.69, 9.17) is 19.3 Å². The van der Waals surface area contributed by atoms with E-state index in [1.807, 2.05) is 24.3 Å². The Morgan fingerprint density at radius 1 is 1.00 bits per heavy atom. The number of rotatable bonds is 7. The largest absolute Gasteiger partial charge is 0.481 e. The van der Waals surface area contributed by atoms with Crippen LogP contribution in [-0.4, -0.2) is 67.7 Å². The van der Waals surface area contributed by atoms with Gasteiger partial charge < -0.3 is 30.0 Å². The Labute approximate surface area is 202 Å². The average Bonchev–Trinajstić information content (AvgIpc) is 3.59. The highest BCUT2D eigenvalue weighted by atomic mass is 16.6. The molecule has 2 aromatic rings. The Bertz CT molecular complexity index is 1070. The number of carbonyl (C=O) groups excluding carboxylic acids is 2. The van der Waals surface area contributed by atoms with E-state index in [0.29, 0.717) is 19.4 Å². The second-order valence-electron chi connectivity index (χ2n) is 9.13. The summed E-state index contributed by atoms with van der Waals surface area (Å²) in [6.07, 6.45) is -0.947. The summed E-state index contributed by atoms with van der Waals surface area (Å²) < 4.78 is 16.6. The molecule has 3 N–H and O–H groups in total. The van der Waals surface area contributed by atoms with Crippen LogP contribution in [0.1, 0.15) is 29.9 Å². The van der Waals surface area contributed by atoms with Crippen molar-refractivity contribution in [3.05, 3.63) is 59.7 Å². The maximum absolute atomic E-state index is 12.7. The number of aliphatic carboxylic acids is 1. The van der Waals surface area contributed by atoms with Crippen molar-refractivity contribution in [2.24, 2.45) is 5.92 Å². The number of fused-ring (bicyclic) bond motifs is 3. The Morgan fingerprint density at radius 2 is 1.69 bits per heavy atom. The third-order valence-electron chi connectivity index (χ3n) is 6.93. The maximum Gasteiger partial charge on any atom is 0.407 e. The number of hydrogen-bond donors (Lipinski definition) is 3. The van der Waals surface area contributed by atoms with E-state index in [2.05, 4.69) is 34.9 Å². The Kier molecular flexibility index (Phi) is 6.70. The molecule has 2 heterocycles. The first kappa shape index (κ1) is 23.3. The summed E-state index contributed by atoms with van der Waals surface area (Å²) in [6, 6.07) is 15.7. The second kappa shape index (κ2) is 10.1. The molecule has 2 fully saturated rings. The van der Waals surface area contributed by atoms with Gasteiger partial charge in [0.15, 0.2) is 6.10 Å². The minimum Gasteiger partial charge on any atom is -0.481 e. The molecule has 184 valence electrons. The van der Waals surface area contributed by atoms with Crippen LogP contribution in [0.2, 0.25) is 0 Å². The van der Waals surface area contributed by atoms with Crippen molar-refractivity contribution in [2.45, 2.75) is 37.0 Å². The van der Waals surface area contributed by atoms with Crippen LogP contribution in [0.25, 0.3) is 11.1 Å². The zero-order chi connectivity index (χ0) is 24.4. The predicted molar refractivity (Wildman–Crippen MR) is 125 cm³/mol. The van der Waals surface area contributed by atoms with Gasteiger partial charge in [0.1, 0.15) is 6.61 Å². The summed E-state index contributed by atoms with van der Waals surface area (Å²) in [5.41, 5.74) is 4.56. The first-order valence-corrected chi connectivity index (χ1v) is 11.9. The van der Waals surface area contributed by atoms with Gasteiger partial charge in [-0.25, -0.2) is 4.79 Å². The monoisotopic (exact) mass is 480 g/mol. The van der Waals surface area contributed by atoms with Gasteiger partial charge in [0, 0.05) is 19.1 Å². The van der Waals surface area contributed by atoms with E-state index < -0.39 is 30.1 Å². The number of ether oxygens (including phenoxy) is 3. The van der Waals surface area contributed by atoms with Gasteiger partial charge in [-0.2, -0.15) is 0 Å². The van der Waals surface area contributed by atoms with Crippen LogP contribution in [0, 0.1) is 5.92 Å². The van der Waals surface area contributed by atoms with Crippen LogP contribution < -0.4 is 10.6 Å². The molecule has 2 aliphatic heterocycles. The number of amides is 2.